The number of hydrogen-bond acceptors (Lipinski definition) is 3. The van der Waals surface area contributed by atoms with Crippen LogP contribution in [0.2, 0.25) is 0 Å². The summed E-state index contributed by atoms with van der Waals surface area (Å²) in [5.74, 6) is 5.46. The van der Waals surface area contributed by atoms with Crippen LogP contribution in [-0.4, -0.2) is 13.2 Å². The van der Waals surface area contributed by atoms with Crippen LogP contribution in [0.3, 0.4) is 0 Å². The molecule has 0 aromatic heterocycles. The molecular weight excluding hydrogens is 236 g/mol. The van der Waals surface area contributed by atoms with Crippen molar-refractivity contribution in [2.75, 3.05) is 12.1 Å². The van der Waals surface area contributed by atoms with Crippen LogP contribution in [0, 0.1) is 0 Å². The molecule has 0 aliphatic rings. The van der Waals surface area contributed by atoms with E-state index in [4.69, 9.17) is 5.84 Å². The lowest BCUT2D eigenvalue weighted by Crippen LogP contribution is -2.37. The number of hydrazine groups is 1. The summed E-state index contributed by atoms with van der Waals surface area (Å²) in [6.07, 6.45) is -0.599. The second-order valence-electron chi connectivity index (χ2n) is 2.32. The molecule has 0 bridgehead atoms. The standard InChI is InChI=1S/C8H9BrN2O2/c1-13-8(12)11(10)7-4-2-3-6(9)5-7/h2-5H,10H2,1H3. The smallest absolute Gasteiger partial charge is 0.428 e. The van der Waals surface area contributed by atoms with E-state index >= 15 is 0 Å². The molecule has 0 saturated heterocycles. The molecule has 0 fully saturated rings. The molecule has 0 heterocycles. The molecule has 0 aliphatic heterocycles. The van der Waals surface area contributed by atoms with Crippen molar-refractivity contribution in [2.45, 2.75) is 0 Å². The summed E-state index contributed by atoms with van der Waals surface area (Å²) >= 11 is 3.27. The number of methoxy groups -OCH3 is 1. The van der Waals surface area contributed by atoms with Crippen LogP contribution in [0.15, 0.2) is 28.7 Å². The molecule has 4 nitrogen and oxygen atoms in total. The molecule has 1 amide bonds. The van der Waals surface area contributed by atoms with Gasteiger partial charge in [-0.2, -0.15) is 0 Å². The fourth-order valence-electron chi connectivity index (χ4n) is 0.830. The summed E-state index contributed by atoms with van der Waals surface area (Å²) in [6.45, 7) is 0. The zero-order valence-corrected chi connectivity index (χ0v) is 8.61. The third-order valence-electron chi connectivity index (χ3n) is 1.46. The molecule has 0 radical (unpaired) electrons. The van der Waals surface area contributed by atoms with Gasteiger partial charge in [0.25, 0.3) is 0 Å². The van der Waals surface area contributed by atoms with E-state index in [9.17, 15) is 4.79 Å². The molecule has 0 saturated carbocycles. The predicted octanol–water partition coefficient (Wildman–Crippen LogP) is 1.90. The molecule has 70 valence electrons. The van der Waals surface area contributed by atoms with E-state index in [1.165, 1.54) is 7.11 Å². The zero-order valence-electron chi connectivity index (χ0n) is 7.03. The maximum Gasteiger partial charge on any atom is 0.428 e. The van der Waals surface area contributed by atoms with Crippen LogP contribution in [0.5, 0.6) is 0 Å². The first-order valence-electron chi connectivity index (χ1n) is 3.53. The topological polar surface area (TPSA) is 55.6 Å². The van der Waals surface area contributed by atoms with Crippen molar-refractivity contribution in [3.05, 3.63) is 28.7 Å². The van der Waals surface area contributed by atoms with Crippen LogP contribution < -0.4 is 10.9 Å². The second kappa shape index (κ2) is 4.25. The lowest BCUT2D eigenvalue weighted by molar-refractivity contribution is 0.178. The number of nitrogens with zero attached hydrogens (tertiary/aromatic N) is 1. The lowest BCUT2D eigenvalue weighted by atomic mass is 10.3. The molecule has 1 aromatic rings. The third kappa shape index (κ3) is 2.43. The Bertz CT molecular complexity index is 317. The quantitative estimate of drug-likeness (QED) is 0.467. The minimum atomic E-state index is -0.599. The lowest BCUT2D eigenvalue weighted by Gasteiger charge is -2.14. The summed E-state index contributed by atoms with van der Waals surface area (Å²) in [5.41, 5.74) is 0.571. The Morgan fingerprint density at radius 2 is 2.31 bits per heavy atom. The number of carbonyl (C=O) groups is 1. The van der Waals surface area contributed by atoms with Crippen LogP contribution in [-0.2, 0) is 4.74 Å². The second-order valence-corrected chi connectivity index (χ2v) is 3.24. The van der Waals surface area contributed by atoms with Gasteiger partial charge < -0.3 is 4.74 Å². The Labute approximate surface area is 84.4 Å². The average Bonchev–Trinajstić information content (AvgIpc) is 2.15. The summed E-state index contributed by atoms with van der Waals surface area (Å²) in [4.78, 5) is 11.0. The Morgan fingerprint density at radius 3 is 2.85 bits per heavy atom. The summed E-state index contributed by atoms with van der Waals surface area (Å²) in [6, 6.07) is 7.05. The molecule has 5 heteroatoms. The van der Waals surface area contributed by atoms with Gasteiger partial charge in [0.15, 0.2) is 0 Å². The number of nitrogens with two attached hydrogens (primary N) is 1. The van der Waals surface area contributed by atoms with Crippen molar-refractivity contribution >= 4 is 27.7 Å². The van der Waals surface area contributed by atoms with Crippen LogP contribution in [0.4, 0.5) is 10.5 Å². The molecule has 0 atom stereocenters. The third-order valence-corrected chi connectivity index (χ3v) is 1.95. The maximum absolute atomic E-state index is 11.0. The number of anilines is 1. The Morgan fingerprint density at radius 1 is 1.62 bits per heavy atom. The Balaban J connectivity index is 2.88. The fraction of sp³-hybridized carbons (Fsp3) is 0.125. The number of hydrogen-bond donors (Lipinski definition) is 1. The Kier molecular flexibility index (Phi) is 3.27. The number of halogens is 1. The first kappa shape index (κ1) is 10.0. The van der Waals surface area contributed by atoms with E-state index in [0.29, 0.717) is 5.69 Å². The van der Waals surface area contributed by atoms with Crippen molar-refractivity contribution in [3.63, 3.8) is 0 Å². The molecule has 0 spiro atoms. The summed E-state index contributed by atoms with van der Waals surface area (Å²) in [5, 5.41) is 0.935. The average molecular weight is 245 g/mol. The van der Waals surface area contributed by atoms with E-state index in [-0.39, 0.29) is 0 Å². The van der Waals surface area contributed by atoms with Gasteiger partial charge in [0.05, 0.1) is 12.8 Å². The SMILES string of the molecule is COC(=O)N(N)c1cccc(Br)c1. The maximum atomic E-state index is 11.0. The van der Waals surface area contributed by atoms with Crippen LogP contribution in [0.1, 0.15) is 0 Å². The summed E-state index contributed by atoms with van der Waals surface area (Å²) in [7, 11) is 1.28. The first-order valence-corrected chi connectivity index (χ1v) is 4.33. The van der Waals surface area contributed by atoms with Crippen molar-refractivity contribution in [3.8, 4) is 0 Å². The van der Waals surface area contributed by atoms with Crippen molar-refractivity contribution in [2.24, 2.45) is 5.84 Å². The molecule has 1 rings (SSSR count). The van der Waals surface area contributed by atoms with Gasteiger partial charge in [-0.1, -0.05) is 22.0 Å². The van der Waals surface area contributed by atoms with Crippen LogP contribution in [0.25, 0.3) is 0 Å². The highest BCUT2D eigenvalue weighted by atomic mass is 79.9. The van der Waals surface area contributed by atoms with E-state index in [0.717, 1.165) is 9.48 Å². The molecule has 13 heavy (non-hydrogen) atoms. The monoisotopic (exact) mass is 244 g/mol. The first-order chi connectivity index (χ1) is 6.15. The molecule has 0 aliphatic carbocycles. The minimum Gasteiger partial charge on any atom is -0.452 e. The van der Waals surface area contributed by atoms with Gasteiger partial charge in [-0.3, -0.25) is 0 Å². The van der Waals surface area contributed by atoms with Gasteiger partial charge in [-0.25, -0.2) is 15.6 Å². The number of rotatable bonds is 1. The minimum absolute atomic E-state index is 0.571. The Hall–Kier alpha value is -1.07. The highest BCUT2D eigenvalue weighted by molar-refractivity contribution is 9.10. The van der Waals surface area contributed by atoms with Gasteiger partial charge >= 0.3 is 6.09 Å². The predicted molar refractivity (Wildman–Crippen MR) is 53.2 cm³/mol. The van der Waals surface area contributed by atoms with Gasteiger partial charge in [-0.05, 0) is 18.2 Å². The fourth-order valence-corrected chi connectivity index (χ4v) is 1.22. The van der Waals surface area contributed by atoms with E-state index < -0.39 is 6.09 Å². The largest absolute Gasteiger partial charge is 0.452 e. The number of amides is 1. The number of benzene rings is 1. The highest BCUT2D eigenvalue weighted by Crippen LogP contribution is 2.17. The van der Waals surface area contributed by atoms with Crippen molar-refractivity contribution in [1.82, 2.24) is 0 Å². The molecular formula is C8H9BrN2O2. The number of carbonyl (C=O) groups excluding carboxylic acids is 1. The molecule has 0 unspecified atom stereocenters. The highest BCUT2D eigenvalue weighted by Gasteiger charge is 2.10. The van der Waals surface area contributed by atoms with E-state index in [1.54, 1.807) is 18.2 Å². The summed E-state index contributed by atoms with van der Waals surface area (Å²) < 4.78 is 5.30. The van der Waals surface area contributed by atoms with Crippen molar-refractivity contribution < 1.29 is 9.53 Å². The van der Waals surface area contributed by atoms with Crippen LogP contribution >= 0.6 is 15.9 Å². The van der Waals surface area contributed by atoms with E-state index in [2.05, 4.69) is 20.7 Å². The van der Waals surface area contributed by atoms with E-state index in [1.807, 2.05) is 6.07 Å². The van der Waals surface area contributed by atoms with Gasteiger partial charge in [0.2, 0.25) is 0 Å². The zero-order chi connectivity index (χ0) is 9.84. The number of ether oxygens (including phenoxy) is 1. The van der Waals surface area contributed by atoms with Gasteiger partial charge in [0, 0.05) is 4.47 Å². The van der Waals surface area contributed by atoms with Gasteiger partial charge in [0.1, 0.15) is 0 Å². The normalized spacial score (nSPS) is 9.46. The molecule has 1 aromatic carbocycles. The van der Waals surface area contributed by atoms with Gasteiger partial charge in [-0.15, -0.1) is 0 Å². The molecule has 2 N–H and O–H groups in total. The van der Waals surface area contributed by atoms with Crippen molar-refractivity contribution in [1.29, 1.82) is 0 Å².